The van der Waals surface area contributed by atoms with Crippen LogP contribution >= 0.6 is 11.6 Å². The van der Waals surface area contributed by atoms with Gasteiger partial charge in [-0.3, -0.25) is 0 Å². The van der Waals surface area contributed by atoms with Crippen LogP contribution in [0, 0.1) is 25.2 Å². The number of hydrogen-bond acceptors (Lipinski definition) is 3. The number of carbonyl (C=O) groups excluding carboxylic acids is 1. The highest BCUT2D eigenvalue weighted by Gasteiger charge is 2.07. The number of aryl methyl sites for hydroxylation is 2. The number of carbonyl (C=O) groups is 1. The van der Waals surface area contributed by atoms with Gasteiger partial charge < -0.3 is 10.1 Å². The maximum atomic E-state index is 11.3. The highest BCUT2D eigenvalue weighted by molar-refractivity contribution is 6.32. The standard InChI is InChI=1S/C12H13ClN2O2/c1-8-6-10(7-9(2)11(8)13)17-12(16)15-5-3-4-14/h6-7H,3,5H2,1-2H3,(H,15,16). The van der Waals surface area contributed by atoms with Crippen molar-refractivity contribution in [3.63, 3.8) is 0 Å². The maximum Gasteiger partial charge on any atom is 0.412 e. The van der Waals surface area contributed by atoms with Crippen LogP contribution in [-0.4, -0.2) is 12.6 Å². The topological polar surface area (TPSA) is 62.1 Å². The van der Waals surface area contributed by atoms with Crippen molar-refractivity contribution in [3.8, 4) is 11.8 Å². The lowest BCUT2D eigenvalue weighted by Crippen LogP contribution is -2.27. The lowest BCUT2D eigenvalue weighted by molar-refractivity contribution is 0.200. The Morgan fingerprint density at radius 1 is 1.47 bits per heavy atom. The summed E-state index contributed by atoms with van der Waals surface area (Å²) in [5.41, 5.74) is 1.71. The Morgan fingerprint density at radius 2 is 2.06 bits per heavy atom. The SMILES string of the molecule is Cc1cc(OC(=O)NCCC#N)cc(C)c1Cl. The predicted molar refractivity (Wildman–Crippen MR) is 65.2 cm³/mol. The van der Waals surface area contributed by atoms with Crippen LogP contribution in [-0.2, 0) is 0 Å². The normalized spacial score (nSPS) is 9.53. The molecule has 0 bridgehead atoms. The Hall–Kier alpha value is -1.73. The molecule has 0 saturated heterocycles. The van der Waals surface area contributed by atoms with E-state index >= 15 is 0 Å². The Balaban J connectivity index is 2.63. The van der Waals surface area contributed by atoms with Crippen molar-refractivity contribution >= 4 is 17.7 Å². The molecule has 90 valence electrons. The van der Waals surface area contributed by atoms with Gasteiger partial charge in [-0.2, -0.15) is 5.26 Å². The number of nitrogens with zero attached hydrogens (tertiary/aromatic N) is 1. The molecule has 0 atom stereocenters. The fraction of sp³-hybridized carbons (Fsp3) is 0.333. The summed E-state index contributed by atoms with van der Waals surface area (Å²) in [7, 11) is 0. The molecular weight excluding hydrogens is 240 g/mol. The van der Waals surface area contributed by atoms with Crippen molar-refractivity contribution in [2.24, 2.45) is 0 Å². The Kier molecular flexibility index (Phi) is 4.80. The zero-order valence-electron chi connectivity index (χ0n) is 9.71. The van der Waals surface area contributed by atoms with Crippen molar-refractivity contribution in [2.45, 2.75) is 20.3 Å². The first-order chi connectivity index (χ1) is 8.04. The number of hydrogen-bond donors (Lipinski definition) is 1. The van der Waals surface area contributed by atoms with Gasteiger partial charge >= 0.3 is 6.09 Å². The highest BCUT2D eigenvalue weighted by atomic mass is 35.5. The molecule has 0 heterocycles. The lowest BCUT2D eigenvalue weighted by atomic mass is 10.1. The van der Waals surface area contributed by atoms with Gasteiger partial charge in [0.2, 0.25) is 0 Å². The van der Waals surface area contributed by atoms with Crippen molar-refractivity contribution in [1.29, 1.82) is 5.26 Å². The van der Waals surface area contributed by atoms with Crippen LogP contribution in [0.2, 0.25) is 5.02 Å². The zero-order chi connectivity index (χ0) is 12.8. The van der Waals surface area contributed by atoms with E-state index < -0.39 is 6.09 Å². The van der Waals surface area contributed by atoms with Gasteiger partial charge in [0.1, 0.15) is 5.75 Å². The van der Waals surface area contributed by atoms with Crippen LogP contribution in [0.3, 0.4) is 0 Å². The second-order valence-corrected chi connectivity index (χ2v) is 3.97. The maximum absolute atomic E-state index is 11.3. The number of nitriles is 1. The van der Waals surface area contributed by atoms with Crippen molar-refractivity contribution < 1.29 is 9.53 Å². The van der Waals surface area contributed by atoms with Gasteiger partial charge in [0, 0.05) is 11.6 Å². The van der Waals surface area contributed by atoms with Crippen LogP contribution < -0.4 is 10.1 Å². The molecule has 0 spiro atoms. The Bertz CT molecular complexity index is 443. The molecule has 1 aromatic rings. The molecule has 0 fully saturated rings. The third-order valence-electron chi connectivity index (χ3n) is 2.13. The van der Waals surface area contributed by atoms with E-state index in [0.29, 0.717) is 10.8 Å². The Morgan fingerprint density at radius 3 is 2.59 bits per heavy atom. The van der Waals surface area contributed by atoms with Gasteiger partial charge in [0.15, 0.2) is 0 Å². The van der Waals surface area contributed by atoms with Gasteiger partial charge in [-0.25, -0.2) is 4.79 Å². The van der Waals surface area contributed by atoms with Gasteiger partial charge in [-0.1, -0.05) is 11.6 Å². The molecule has 0 saturated carbocycles. The van der Waals surface area contributed by atoms with E-state index in [-0.39, 0.29) is 13.0 Å². The molecule has 4 nitrogen and oxygen atoms in total. The summed E-state index contributed by atoms with van der Waals surface area (Å²) in [6, 6.07) is 5.31. The van der Waals surface area contributed by atoms with Crippen LogP contribution in [0.4, 0.5) is 4.79 Å². The van der Waals surface area contributed by atoms with Gasteiger partial charge in [0.25, 0.3) is 0 Å². The lowest BCUT2D eigenvalue weighted by Gasteiger charge is -2.08. The fourth-order valence-corrected chi connectivity index (χ4v) is 1.44. The van der Waals surface area contributed by atoms with Gasteiger partial charge in [-0.05, 0) is 37.1 Å². The van der Waals surface area contributed by atoms with E-state index in [0.717, 1.165) is 11.1 Å². The summed E-state index contributed by atoms with van der Waals surface area (Å²) in [5, 5.41) is 11.5. The highest BCUT2D eigenvalue weighted by Crippen LogP contribution is 2.25. The summed E-state index contributed by atoms with van der Waals surface area (Å²) in [6.45, 7) is 3.96. The first kappa shape index (κ1) is 13.3. The molecule has 0 aliphatic carbocycles. The second-order valence-electron chi connectivity index (χ2n) is 3.60. The average Bonchev–Trinajstić information content (AvgIpc) is 2.26. The number of nitrogens with one attached hydrogen (secondary N) is 1. The van der Waals surface area contributed by atoms with E-state index in [1.165, 1.54) is 0 Å². The zero-order valence-corrected chi connectivity index (χ0v) is 10.5. The summed E-state index contributed by atoms with van der Waals surface area (Å²) in [4.78, 5) is 11.3. The van der Waals surface area contributed by atoms with Gasteiger partial charge in [-0.15, -0.1) is 0 Å². The first-order valence-corrected chi connectivity index (χ1v) is 5.51. The molecule has 0 aromatic heterocycles. The monoisotopic (exact) mass is 252 g/mol. The van der Waals surface area contributed by atoms with E-state index in [9.17, 15) is 4.79 Å². The van der Waals surface area contributed by atoms with Crippen LogP contribution in [0.5, 0.6) is 5.75 Å². The molecule has 0 radical (unpaired) electrons. The molecule has 17 heavy (non-hydrogen) atoms. The minimum absolute atomic E-state index is 0.258. The summed E-state index contributed by atoms with van der Waals surface area (Å²) >= 11 is 6.00. The number of ether oxygens (including phenoxy) is 1. The van der Waals surface area contributed by atoms with Crippen molar-refractivity contribution in [2.75, 3.05) is 6.54 Å². The number of benzene rings is 1. The smallest absolute Gasteiger partial charge is 0.410 e. The minimum atomic E-state index is -0.568. The van der Waals surface area contributed by atoms with Crippen LogP contribution in [0.25, 0.3) is 0 Å². The molecule has 0 unspecified atom stereocenters. The van der Waals surface area contributed by atoms with Gasteiger partial charge in [0.05, 0.1) is 12.5 Å². The summed E-state index contributed by atoms with van der Waals surface area (Å²) in [6.07, 6.45) is -0.310. The molecular formula is C12H13ClN2O2. The minimum Gasteiger partial charge on any atom is -0.410 e. The quantitative estimate of drug-likeness (QED) is 0.842. The average molecular weight is 253 g/mol. The summed E-state index contributed by atoms with van der Waals surface area (Å²) < 4.78 is 5.06. The molecule has 0 aliphatic rings. The van der Waals surface area contributed by atoms with Crippen LogP contribution in [0.15, 0.2) is 12.1 Å². The van der Waals surface area contributed by atoms with E-state index in [1.54, 1.807) is 12.1 Å². The Labute approximate surface area is 105 Å². The molecule has 1 aromatic carbocycles. The van der Waals surface area contributed by atoms with E-state index in [2.05, 4.69) is 5.32 Å². The van der Waals surface area contributed by atoms with E-state index in [4.69, 9.17) is 21.6 Å². The molecule has 1 rings (SSSR count). The molecule has 5 heteroatoms. The molecule has 1 amide bonds. The number of amides is 1. The largest absolute Gasteiger partial charge is 0.412 e. The summed E-state index contributed by atoms with van der Waals surface area (Å²) in [5.74, 6) is 0.443. The number of halogens is 1. The third kappa shape index (κ3) is 3.97. The molecule has 0 aliphatic heterocycles. The first-order valence-electron chi connectivity index (χ1n) is 5.14. The van der Waals surface area contributed by atoms with E-state index in [1.807, 2.05) is 19.9 Å². The fourth-order valence-electron chi connectivity index (χ4n) is 1.33. The third-order valence-corrected chi connectivity index (χ3v) is 2.72. The van der Waals surface area contributed by atoms with Crippen molar-refractivity contribution in [1.82, 2.24) is 5.32 Å². The molecule has 1 N–H and O–H groups in total. The van der Waals surface area contributed by atoms with Crippen LogP contribution in [0.1, 0.15) is 17.5 Å². The number of rotatable bonds is 3. The predicted octanol–water partition coefficient (Wildman–Crippen LogP) is 2.96. The second kappa shape index (κ2) is 6.12. The van der Waals surface area contributed by atoms with Crippen molar-refractivity contribution in [3.05, 3.63) is 28.3 Å².